The lowest BCUT2D eigenvalue weighted by atomic mass is 9.90. The summed E-state index contributed by atoms with van der Waals surface area (Å²) in [6, 6.07) is 10.9. The van der Waals surface area contributed by atoms with Crippen molar-refractivity contribution in [3.05, 3.63) is 59.2 Å². The van der Waals surface area contributed by atoms with Crippen LogP contribution >= 0.6 is 0 Å². The van der Waals surface area contributed by atoms with E-state index in [2.05, 4.69) is 16.4 Å². The van der Waals surface area contributed by atoms with Crippen molar-refractivity contribution in [2.75, 3.05) is 6.54 Å². The van der Waals surface area contributed by atoms with E-state index in [4.69, 9.17) is 0 Å². The molecule has 164 valence electrons. The maximum atomic E-state index is 13.0. The minimum atomic E-state index is -4.49. The quantitative estimate of drug-likeness (QED) is 0.591. The number of benzene rings is 2. The molecule has 0 saturated carbocycles. The molecule has 0 bridgehead atoms. The number of halogens is 3. The molecule has 2 atom stereocenters. The van der Waals surface area contributed by atoms with Crippen LogP contribution in [0.2, 0.25) is 0 Å². The lowest BCUT2D eigenvalue weighted by Crippen LogP contribution is -2.44. The van der Waals surface area contributed by atoms with Gasteiger partial charge in [-0.2, -0.15) is 18.7 Å². The Morgan fingerprint density at radius 3 is 2.35 bits per heavy atom. The molecule has 1 amide bonds. The van der Waals surface area contributed by atoms with Crippen molar-refractivity contribution in [1.29, 1.82) is 0 Å². The summed E-state index contributed by atoms with van der Waals surface area (Å²) in [6.45, 7) is 1.90. The lowest BCUT2D eigenvalue weighted by molar-refractivity contribution is -0.149. The van der Waals surface area contributed by atoms with E-state index < -0.39 is 42.2 Å². The number of nitrogens with one attached hydrogen (secondary N) is 3. The van der Waals surface area contributed by atoms with Gasteiger partial charge in [0.1, 0.15) is 12.6 Å². The maximum absolute atomic E-state index is 13.0. The van der Waals surface area contributed by atoms with Gasteiger partial charge in [0.15, 0.2) is 0 Å². The van der Waals surface area contributed by atoms with E-state index in [0.29, 0.717) is 5.56 Å². The van der Waals surface area contributed by atoms with Gasteiger partial charge in [-0.3, -0.25) is 9.59 Å². The van der Waals surface area contributed by atoms with Gasteiger partial charge < -0.3 is 10.0 Å². The van der Waals surface area contributed by atoms with Gasteiger partial charge in [0, 0.05) is 5.56 Å². The van der Waals surface area contributed by atoms with Gasteiger partial charge in [-0.25, -0.2) is 10.9 Å². The van der Waals surface area contributed by atoms with Crippen molar-refractivity contribution in [3.63, 3.8) is 0 Å². The maximum Gasteiger partial charge on any atom is 0.406 e. The monoisotopic (exact) mass is 434 g/mol. The predicted octanol–water partition coefficient (Wildman–Crippen LogP) is 2.71. The molecule has 7 nitrogen and oxygen atoms in total. The van der Waals surface area contributed by atoms with Crippen LogP contribution in [0.1, 0.15) is 41.4 Å². The number of carboxylic acids is 1. The van der Waals surface area contributed by atoms with Crippen LogP contribution in [-0.2, 0) is 10.3 Å². The van der Waals surface area contributed by atoms with Crippen molar-refractivity contribution in [1.82, 2.24) is 21.3 Å². The largest absolute Gasteiger partial charge is 0.480 e. The molecule has 2 heterocycles. The van der Waals surface area contributed by atoms with Gasteiger partial charge in [-0.15, -0.1) is 0 Å². The van der Waals surface area contributed by atoms with E-state index in [-0.39, 0.29) is 5.56 Å². The third kappa shape index (κ3) is 3.78. The van der Waals surface area contributed by atoms with E-state index in [1.54, 1.807) is 44.2 Å². The van der Waals surface area contributed by atoms with Gasteiger partial charge in [-0.1, -0.05) is 30.3 Å². The van der Waals surface area contributed by atoms with Crippen LogP contribution in [0.25, 0.3) is 11.1 Å². The number of nitrogens with zero attached hydrogens (tertiary/aromatic N) is 1. The highest BCUT2D eigenvalue weighted by atomic mass is 19.4. The molecule has 0 radical (unpaired) electrons. The van der Waals surface area contributed by atoms with Crippen LogP contribution < -0.4 is 16.4 Å². The fraction of sp³-hybridized carbons (Fsp3) is 0.333. The number of hydrazine groups is 2. The highest BCUT2D eigenvalue weighted by molar-refractivity contribution is 6.00. The number of rotatable bonds is 4. The number of carbonyl (C=O) groups excluding carboxylic acids is 1. The lowest BCUT2D eigenvalue weighted by Gasteiger charge is -2.33. The topological polar surface area (TPSA) is 93.7 Å². The highest BCUT2D eigenvalue weighted by Crippen LogP contribution is 2.42. The summed E-state index contributed by atoms with van der Waals surface area (Å²) in [5.74, 6) is -1.63. The number of amides is 1. The second-order valence-electron chi connectivity index (χ2n) is 8.16. The molecule has 1 saturated heterocycles. The Bertz CT molecular complexity index is 1040. The third-order valence-electron chi connectivity index (χ3n) is 5.82. The van der Waals surface area contributed by atoms with Crippen molar-refractivity contribution in [2.45, 2.75) is 37.6 Å². The number of aliphatic carboxylic acids is 1. The number of hydrogen-bond acceptors (Lipinski definition) is 5. The Balaban J connectivity index is 1.63. The molecule has 31 heavy (non-hydrogen) atoms. The van der Waals surface area contributed by atoms with Crippen LogP contribution in [0.5, 0.6) is 0 Å². The summed E-state index contributed by atoms with van der Waals surface area (Å²) in [4.78, 5) is 24.8. The minimum absolute atomic E-state index is 0.270. The molecule has 0 spiro atoms. The number of carbonyl (C=O) groups is 2. The van der Waals surface area contributed by atoms with Gasteiger partial charge in [0.05, 0.1) is 11.6 Å². The summed E-state index contributed by atoms with van der Waals surface area (Å²) in [5, 5.41) is 9.29. The zero-order valence-corrected chi connectivity index (χ0v) is 16.7. The predicted molar refractivity (Wildman–Crippen MR) is 106 cm³/mol. The SMILES string of the molecule is CC1(C)c2cc(-c3ccc(C4NNNC4C(=O)O)cc3)ccc2C(=O)N1CC(F)(F)F. The zero-order chi connectivity index (χ0) is 22.6. The van der Waals surface area contributed by atoms with Gasteiger partial charge in [0.25, 0.3) is 5.91 Å². The summed E-state index contributed by atoms with van der Waals surface area (Å²) in [6.07, 6.45) is -4.49. The van der Waals surface area contributed by atoms with E-state index in [0.717, 1.165) is 21.6 Å². The van der Waals surface area contributed by atoms with Crippen LogP contribution in [-0.4, -0.2) is 40.6 Å². The standard InChI is InChI=1S/C21H21F3N4O3/c1-20(2)15-9-13(7-8-14(15)18(29)28(20)10-21(22,23)24)11-3-5-12(6-4-11)16-17(19(30)31)26-27-25-16/h3-9,16-17,25-27H,10H2,1-2H3,(H,30,31). The second-order valence-corrected chi connectivity index (χ2v) is 8.16. The fourth-order valence-electron chi connectivity index (χ4n) is 4.14. The molecule has 0 aliphatic carbocycles. The van der Waals surface area contributed by atoms with E-state index >= 15 is 0 Å². The molecule has 4 rings (SSSR count). The van der Waals surface area contributed by atoms with Crippen molar-refractivity contribution < 1.29 is 27.9 Å². The first-order chi connectivity index (χ1) is 14.5. The average molecular weight is 434 g/mol. The summed E-state index contributed by atoms with van der Waals surface area (Å²) >= 11 is 0. The molecular weight excluding hydrogens is 413 g/mol. The van der Waals surface area contributed by atoms with E-state index in [9.17, 15) is 27.9 Å². The Morgan fingerprint density at radius 1 is 1.10 bits per heavy atom. The second kappa shape index (κ2) is 7.33. The first-order valence-corrected chi connectivity index (χ1v) is 9.61. The highest BCUT2D eigenvalue weighted by Gasteiger charge is 2.47. The van der Waals surface area contributed by atoms with Crippen molar-refractivity contribution in [3.8, 4) is 11.1 Å². The number of alkyl halides is 3. The minimum Gasteiger partial charge on any atom is -0.480 e. The molecule has 2 aliphatic heterocycles. The molecule has 0 aromatic heterocycles. The average Bonchev–Trinajstić information content (AvgIpc) is 3.26. The van der Waals surface area contributed by atoms with Gasteiger partial charge in [-0.05, 0) is 48.2 Å². The molecule has 2 aromatic carbocycles. The van der Waals surface area contributed by atoms with Gasteiger partial charge in [0.2, 0.25) is 0 Å². The van der Waals surface area contributed by atoms with Gasteiger partial charge >= 0.3 is 12.1 Å². The molecule has 2 aromatic rings. The Hall–Kier alpha value is -2.95. The Kier molecular flexibility index (Phi) is 5.03. The number of carboxylic acid groups (broad SMARTS) is 1. The first kappa shape index (κ1) is 21.3. The molecule has 2 aliphatic rings. The molecular formula is C21H21F3N4O3. The smallest absolute Gasteiger partial charge is 0.406 e. The molecule has 1 fully saturated rings. The van der Waals surface area contributed by atoms with Crippen LogP contribution in [0.3, 0.4) is 0 Å². The Morgan fingerprint density at radius 2 is 1.74 bits per heavy atom. The Labute approximate surface area is 176 Å². The number of hydrogen-bond donors (Lipinski definition) is 4. The first-order valence-electron chi connectivity index (χ1n) is 9.61. The van der Waals surface area contributed by atoms with E-state index in [1.165, 1.54) is 0 Å². The molecule has 4 N–H and O–H groups in total. The summed E-state index contributed by atoms with van der Waals surface area (Å²) in [5.41, 5.74) is 10.1. The van der Waals surface area contributed by atoms with Crippen LogP contribution in [0, 0.1) is 0 Å². The van der Waals surface area contributed by atoms with Crippen LogP contribution in [0.4, 0.5) is 13.2 Å². The normalized spacial score (nSPS) is 22.6. The van der Waals surface area contributed by atoms with Crippen molar-refractivity contribution >= 4 is 11.9 Å². The third-order valence-corrected chi connectivity index (χ3v) is 5.82. The summed E-state index contributed by atoms with van der Waals surface area (Å²) < 4.78 is 39.0. The van der Waals surface area contributed by atoms with Crippen LogP contribution in [0.15, 0.2) is 42.5 Å². The molecule has 10 heteroatoms. The van der Waals surface area contributed by atoms with E-state index in [1.807, 2.05) is 12.1 Å². The fourth-order valence-corrected chi connectivity index (χ4v) is 4.14. The number of fused-ring (bicyclic) bond motifs is 1. The summed E-state index contributed by atoms with van der Waals surface area (Å²) in [7, 11) is 0. The zero-order valence-electron chi connectivity index (χ0n) is 16.7. The van der Waals surface area contributed by atoms with Crippen molar-refractivity contribution in [2.24, 2.45) is 0 Å². The molecule has 2 unspecified atom stereocenters.